The van der Waals surface area contributed by atoms with Gasteiger partial charge in [0.15, 0.2) is 0 Å². The molecule has 0 aliphatic rings. The van der Waals surface area contributed by atoms with Crippen molar-refractivity contribution in [3.8, 4) is 0 Å². The van der Waals surface area contributed by atoms with Gasteiger partial charge in [-0.15, -0.1) is 12.6 Å². The Kier molecular flexibility index (Phi) is 10.1. The first-order valence-corrected chi connectivity index (χ1v) is 11.2. The molecule has 8 nitrogen and oxygen atoms in total. The summed E-state index contributed by atoms with van der Waals surface area (Å²) < 4.78 is 10.5. The molecule has 2 rings (SSSR count). The zero-order chi connectivity index (χ0) is 25.1. The third-order valence-corrected chi connectivity index (χ3v) is 4.83. The Morgan fingerprint density at radius 1 is 0.853 bits per heavy atom. The van der Waals surface area contributed by atoms with Gasteiger partial charge in [-0.2, -0.15) is 0 Å². The van der Waals surface area contributed by atoms with Gasteiger partial charge in [0.25, 0.3) is 0 Å². The van der Waals surface area contributed by atoms with Gasteiger partial charge in [0.05, 0.1) is 6.42 Å². The van der Waals surface area contributed by atoms with Crippen LogP contribution in [0.5, 0.6) is 0 Å². The maximum Gasteiger partial charge on any atom is 0.408 e. The van der Waals surface area contributed by atoms with Gasteiger partial charge in [-0.1, -0.05) is 60.7 Å². The second-order valence-electron chi connectivity index (χ2n) is 8.64. The third kappa shape index (κ3) is 10.1. The van der Waals surface area contributed by atoms with Gasteiger partial charge in [-0.3, -0.25) is 14.4 Å². The zero-order valence-electron chi connectivity index (χ0n) is 19.4. The average molecular weight is 487 g/mol. The lowest BCUT2D eigenvalue weighted by Gasteiger charge is -2.24. The van der Waals surface area contributed by atoms with Gasteiger partial charge < -0.3 is 20.1 Å². The second kappa shape index (κ2) is 12.8. The van der Waals surface area contributed by atoms with Crippen molar-refractivity contribution in [2.45, 2.75) is 57.9 Å². The van der Waals surface area contributed by atoms with Crippen LogP contribution in [0.2, 0.25) is 0 Å². The standard InChI is InChI=1S/C25H30N2O6S/c1-25(2,3)33-24(31)27-19(14-17-10-6-4-7-11-17)22(29)26-20(23(30)34)15-21(28)32-16-18-12-8-5-9-13-18/h4-13,19-20H,14-16H2,1-3H3,(H,26,29)(H,27,31)(H,30,34)/t19-,20-/m0/s1. The van der Waals surface area contributed by atoms with Crippen LogP contribution in [0.3, 0.4) is 0 Å². The number of amides is 2. The summed E-state index contributed by atoms with van der Waals surface area (Å²) in [7, 11) is 0. The highest BCUT2D eigenvalue weighted by molar-refractivity contribution is 7.96. The summed E-state index contributed by atoms with van der Waals surface area (Å²) in [5, 5.41) is 4.33. The molecule has 2 aromatic rings. The lowest BCUT2D eigenvalue weighted by molar-refractivity contribution is -0.146. The molecule has 0 bridgehead atoms. The predicted molar refractivity (Wildman–Crippen MR) is 130 cm³/mol. The van der Waals surface area contributed by atoms with Gasteiger partial charge in [0, 0.05) is 6.42 Å². The molecule has 9 heteroatoms. The number of benzene rings is 2. The van der Waals surface area contributed by atoms with Gasteiger partial charge in [0.1, 0.15) is 24.3 Å². The molecule has 34 heavy (non-hydrogen) atoms. The Morgan fingerprint density at radius 3 is 1.94 bits per heavy atom. The predicted octanol–water partition coefficient (Wildman–Crippen LogP) is 3.20. The largest absolute Gasteiger partial charge is 0.461 e. The fraction of sp³-hybridized carbons (Fsp3) is 0.360. The number of carbonyl (C=O) groups is 4. The summed E-state index contributed by atoms with van der Waals surface area (Å²) in [5.41, 5.74) is 0.817. The van der Waals surface area contributed by atoms with Gasteiger partial charge in [-0.05, 0) is 31.9 Å². The van der Waals surface area contributed by atoms with Crippen LogP contribution in [0, 0.1) is 0 Å². The number of hydrogen-bond donors (Lipinski definition) is 3. The Labute approximate surface area is 204 Å². The lowest BCUT2D eigenvalue weighted by atomic mass is 10.0. The van der Waals surface area contributed by atoms with Crippen molar-refractivity contribution in [3.63, 3.8) is 0 Å². The first-order valence-electron chi connectivity index (χ1n) is 10.8. The Morgan fingerprint density at radius 2 is 1.41 bits per heavy atom. The number of carbonyl (C=O) groups excluding carboxylic acids is 4. The number of esters is 1. The van der Waals surface area contributed by atoms with Crippen molar-refractivity contribution >= 4 is 35.7 Å². The van der Waals surface area contributed by atoms with E-state index in [2.05, 4.69) is 23.3 Å². The zero-order valence-corrected chi connectivity index (χ0v) is 20.3. The minimum absolute atomic E-state index is 0.0396. The molecule has 0 unspecified atom stereocenters. The fourth-order valence-corrected chi connectivity index (χ4v) is 3.10. The number of rotatable bonds is 10. The summed E-state index contributed by atoms with van der Waals surface area (Å²) in [6.45, 7) is 5.15. The number of ether oxygens (including phenoxy) is 2. The Hall–Kier alpha value is -3.33. The minimum Gasteiger partial charge on any atom is -0.461 e. The molecule has 0 heterocycles. The van der Waals surface area contributed by atoms with Crippen LogP contribution in [0.25, 0.3) is 0 Å². The number of hydrogen-bond acceptors (Lipinski definition) is 6. The molecule has 0 saturated heterocycles. The summed E-state index contributed by atoms with van der Waals surface area (Å²) >= 11 is 3.80. The Balaban J connectivity index is 2.05. The third-order valence-electron chi connectivity index (χ3n) is 4.52. The molecule has 2 amide bonds. The van der Waals surface area contributed by atoms with Crippen LogP contribution in [-0.2, 0) is 36.9 Å². The summed E-state index contributed by atoms with van der Waals surface area (Å²) in [4.78, 5) is 49.6. The molecule has 2 atom stereocenters. The SMILES string of the molecule is CC(C)(C)OC(=O)N[C@@H](Cc1ccccc1)C(=O)N[C@@H](CC(=O)OCc1ccccc1)C(=O)S. The van der Waals surface area contributed by atoms with Crippen molar-refractivity contribution in [3.05, 3.63) is 71.8 Å². The van der Waals surface area contributed by atoms with Gasteiger partial charge in [-0.25, -0.2) is 4.79 Å². The van der Waals surface area contributed by atoms with Crippen LogP contribution < -0.4 is 10.6 Å². The molecule has 0 aliphatic carbocycles. The molecule has 0 aliphatic heterocycles. The summed E-state index contributed by atoms with van der Waals surface area (Å²) in [5.74, 6) is -1.32. The molecule has 182 valence electrons. The van der Waals surface area contributed by atoms with Crippen molar-refractivity contribution < 1.29 is 28.7 Å². The van der Waals surface area contributed by atoms with E-state index in [4.69, 9.17) is 9.47 Å². The molecule has 0 aromatic heterocycles. The highest BCUT2D eigenvalue weighted by Crippen LogP contribution is 2.10. The maximum absolute atomic E-state index is 13.0. The molecule has 0 spiro atoms. The first kappa shape index (κ1) is 26.9. The lowest BCUT2D eigenvalue weighted by Crippen LogP contribution is -2.53. The van der Waals surface area contributed by atoms with E-state index in [0.29, 0.717) is 0 Å². The quantitative estimate of drug-likeness (QED) is 0.351. The van der Waals surface area contributed by atoms with Crippen LogP contribution in [0.15, 0.2) is 60.7 Å². The van der Waals surface area contributed by atoms with Crippen LogP contribution in [0.4, 0.5) is 4.79 Å². The van der Waals surface area contributed by atoms with Crippen molar-refractivity contribution in [1.29, 1.82) is 0 Å². The molecular formula is C25H30N2O6S. The molecular weight excluding hydrogens is 456 g/mol. The van der Waals surface area contributed by atoms with Crippen LogP contribution in [-0.4, -0.2) is 40.8 Å². The van der Waals surface area contributed by atoms with Crippen molar-refractivity contribution in [2.75, 3.05) is 0 Å². The van der Waals surface area contributed by atoms with Crippen LogP contribution in [0.1, 0.15) is 38.3 Å². The Bertz CT molecular complexity index is 976. The molecule has 0 saturated carbocycles. The maximum atomic E-state index is 13.0. The van der Waals surface area contributed by atoms with E-state index in [1.807, 2.05) is 24.3 Å². The smallest absolute Gasteiger partial charge is 0.408 e. The highest BCUT2D eigenvalue weighted by Gasteiger charge is 2.29. The highest BCUT2D eigenvalue weighted by atomic mass is 32.1. The van der Waals surface area contributed by atoms with E-state index in [-0.39, 0.29) is 13.0 Å². The minimum atomic E-state index is -1.22. The molecule has 0 radical (unpaired) electrons. The van der Waals surface area contributed by atoms with E-state index in [1.165, 1.54) is 0 Å². The number of alkyl carbamates (subject to hydrolysis) is 1. The first-order chi connectivity index (χ1) is 16.0. The van der Waals surface area contributed by atoms with Gasteiger partial charge in [0.2, 0.25) is 11.0 Å². The summed E-state index contributed by atoms with van der Waals surface area (Å²) in [6.07, 6.45) is -1.02. The van der Waals surface area contributed by atoms with Crippen molar-refractivity contribution in [2.24, 2.45) is 0 Å². The van der Waals surface area contributed by atoms with E-state index >= 15 is 0 Å². The fourth-order valence-electron chi connectivity index (χ4n) is 2.94. The summed E-state index contributed by atoms with van der Waals surface area (Å²) in [6, 6.07) is 15.8. The average Bonchev–Trinajstić information content (AvgIpc) is 2.77. The molecule has 0 fully saturated rings. The van der Waals surface area contributed by atoms with E-state index in [0.717, 1.165) is 11.1 Å². The second-order valence-corrected chi connectivity index (χ2v) is 9.08. The molecule has 2 N–H and O–H groups in total. The van der Waals surface area contributed by atoms with E-state index in [1.54, 1.807) is 57.2 Å². The van der Waals surface area contributed by atoms with E-state index in [9.17, 15) is 19.2 Å². The van der Waals surface area contributed by atoms with Crippen molar-refractivity contribution in [1.82, 2.24) is 10.6 Å². The molecule has 2 aromatic carbocycles. The van der Waals surface area contributed by atoms with Crippen LogP contribution >= 0.6 is 12.6 Å². The van der Waals surface area contributed by atoms with E-state index < -0.39 is 47.2 Å². The number of thiol groups is 1. The monoisotopic (exact) mass is 486 g/mol. The number of nitrogens with one attached hydrogen (secondary N) is 2. The normalized spacial score (nSPS) is 12.7. The topological polar surface area (TPSA) is 111 Å². The van der Waals surface area contributed by atoms with Gasteiger partial charge >= 0.3 is 12.1 Å².